The van der Waals surface area contributed by atoms with Crippen molar-refractivity contribution in [3.05, 3.63) is 59.9 Å². The number of aliphatic hydroxyl groups excluding tert-OH is 1. The SMILES string of the molecule is Cl.Cl.Oc1cccc(C(O)CNCc2ccncc2)c1. The van der Waals surface area contributed by atoms with Gasteiger partial charge in [0, 0.05) is 25.5 Å². The number of hydrogen-bond acceptors (Lipinski definition) is 4. The second-order valence-electron chi connectivity index (χ2n) is 4.10. The molecule has 2 aromatic rings. The summed E-state index contributed by atoms with van der Waals surface area (Å²) < 4.78 is 0. The van der Waals surface area contributed by atoms with Gasteiger partial charge in [0.1, 0.15) is 5.75 Å². The van der Waals surface area contributed by atoms with Crippen molar-refractivity contribution in [2.45, 2.75) is 12.6 Å². The van der Waals surface area contributed by atoms with Crippen molar-refractivity contribution in [1.29, 1.82) is 0 Å². The molecule has 0 radical (unpaired) electrons. The molecule has 6 heteroatoms. The number of rotatable bonds is 5. The van der Waals surface area contributed by atoms with E-state index in [4.69, 9.17) is 0 Å². The molecule has 0 amide bonds. The van der Waals surface area contributed by atoms with Crippen molar-refractivity contribution in [2.75, 3.05) is 6.54 Å². The van der Waals surface area contributed by atoms with Crippen molar-refractivity contribution in [2.24, 2.45) is 0 Å². The summed E-state index contributed by atoms with van der Waals surface area (Å²) in [6.45, 7) is 1.12. The first-order chi connectivity index (χ1) is 8.75. The lowest BCUT2D eigenvalue weighted by Crippen LogP contribution is -2.21. The molecule has 0 bridgehead atoms. The van der Waals surface area contributed by atoms with Crippen LogP contribution in [0.15, 0.2) is 48.8 Å². The number of hydrogen-bond donors (Lipinski definition) is 3. The van der Waals surface area contributed by atoms with E-state index in [2.05, 4.69) is 10.3 Å². The van der Waals surface area contributed by atoms with Crippen LogP contribution < -0.4 is 5.32 Å². The Morgan fingerprint density at radius 2 is 1.80 bits per heavy atom. The first kappa shape index (κ1) is 18.7. The summed E-state index contributed by atoms with van der Waals surface area (Å²) in [6, 6.07) is 10.5. The Morgan fingerprint density at radius 1 is 1.10 bits per heavy atom. The number of phenols is 1. The monoisotopic (exact) mass is 316 g/mol. The highest BCUT2D eigenvalue weighted by molar-refractivity contribution is 5.85. The van der Waals surface area contributed by atoms with Crippen LogP contribution in [0.25, 0.3) is 0 Å². The molecule has 0 aliphatic heterocycles. The number of nitrogens with zero attached hydrogens (tertiary/aromatic N) is 1. The minimum atomic E-state index is -0.626. The van der Waals surface area contributed by atoms with Crippen molar-refractivity contribution in [3.8, 4) is 5.75 Å². The molecular weight excluding hydrogens is 299 g/mol. The summed E-state index contributed by atoms with van der Waals surface area (Å²) in [4.78, 5) is 3.94. The van der Waals surface area contributed by atoms with Crippen molar-refractivity contribution in [3.63, 3.8) is 0 Å². The zero-order chi connectivity index (χ0) is 12.8. The highest BCUT2D eigenvalue weighted by Crippen LogP contribution is 2.17. The summed E-state index contributed by atoms with van der Waals surface area (Å²) in [7, 11) is 0. The van der Waals surface area contributed by atoms with Crippen molar-refractivity contribution >= 4 is 24.8 Å². The third-order valence-electron chi connectivity index (χ3n) is 2.67. The predicted molar refractivity (Wildman–Crippen MR) is 83.5 cm³/mol. The Bertz CT molecular complexity index is 498. The second kappa shape index (κ2) is 9.55. The molecular formula is C14H18Cl2N2O2. The van der Waals surface area contributed by atoms with Gasteiger partial charge >= 0.3 is 0 Å². The van der Waals surface area contributed by atoms with Gasteiger partial charge in [0.2, 0.25) is 0 Å². The van der Waals surface area contributed by atoms with Gasteiger partial charge in [-0.2, -0.15) is 0 Å². The molecule has 4 nitrogen and oxygen atoms in total. The fourth-order valence-corrected chi connectivity index (χ4v) is 1.70. The van der Waals surface area contributed by atoms with Crippen LogP contribution in [0.2, 0.25) is 0 Å². The van der Waals surface area contributed by atoms with Crippen LogP contribution in [0.5, 0.6) is 5.75 Å². The zero-order valence-corrected chi connectivity index (χ0v) is 12.4. The number of aromatic hydroxyl groups is 1. The van der Waals surface area contributed by atoms with Gasteiger partial charge in [0.05, 0.1) is 6.10 Å². The first-order valence-corrected chi connectivity index (χ1v) is 5.82. The average molecular weight is 317 g/mol. The van der Waals surface area contributed by atoms with E-state index in [1.807, 2.05) is 12.1 Å². The van der Waals surface area contributed by atoms with Gasteiger partial charge in [-0.15, -0.1) is 24.8 Å². The molecule has 0 fully saturated rings. The number of nitrogens with one attached hydrogen (secondary N) is 1. The van der Waals surface area contributed by atoms with E-state index in [-0.39, 0.29) is 30.6 Å². The number of pyridine rings is 1. The van der Waals surface area contributed by atoms with Crippen LogP contribution in [0.1, 0.15) is 17.2 Å². The van der Waals surface area contributed by atoms with Crippen LogP contribution >= 0.6 is 24.8 Å². The van der Waals surface area contributed by atoms with E-state index in [0.717, 1.165) is 5.56 Å². The van der Waals surface area contributed by atoms with Gasteiger partial charge in [-0.05, 0) is 35.4 Å². The summed E-state index contributed by atoms with van der Waals surface area (Å²) in [5, 5.41) is 22.4. The van der Waals surface area contributed by atoms with Crippen LogP contribution in [-0.2, 0) is 6.54 Å². The highest BCUT2D eigenvalue weighted by Gasteiger charge is 2.07. The lowest BCUT2D eigenvalue weighted by atomic mass is 10.1. The second-order valence-corrected chi connectivity index (χ2v) is 4.10. The van der Waals surface area contributed by atoms with E-state index >= 15 is 0 Å². The molecule has 0 aliphatic rings. The minimum Gasteiger partial charge on any atom is -0.508 e. The fourth-order valence-electron chi connectivity index (χ4n) is 1.70. The lowest BCUT2D eigenvalue weighted by Gasteiger charge is -2.12. The Kier molecular flexibility index (Phi) is 8.92. The minimum absolute atomic E-state index is 0. The van der Waals surface area contributed by atoms with E-state index in [9.17, 15) is 10.2 Å². The predicted octanol–water partition coefficient (Wildman–Crippen LogP) is 2.45. The number of aromatic nitrogens is 1. The third kappa shape index (κ3) is 5.75. The van der Waals surface area contributed by atoms with Gasteiger partial charge in [-0.3, -0.25) is 4.98 Å². The molecule has 1 unspecified atom stereocenters. The lowest BCUT2D eigenvalue weighted by molar-refractivity contribution is 0.174. The smallest absolute Gasteiger partial charge is 0.115 e. The molecule has 0 saturated heterocycles. The third-order valence-corrected chi connectivity index (χ3v) is 2.67. The normalized spacial score (nSPS) is 11.1. The highest BCUT2D eigenvalue weighted by atomic mass is 35.5. The molecule has 1 atom stereocenters. The summed E-state index contributed by atoms with van der Waals surface area (Å²) >= 11 is 0. The Hall–Kier alpha value is -1.33. The molecule has 110 valence electrons. The van der Waals surface area contributed by atoms with E-state index in [0.29, 0.717) is 18.7 Å². The van der Waals surface area contributed by atoms with Gasteiger partial charge in [-0.1, -0.05) is 12.1 Å². The van der Waals surface area contributed by atoms with E-state index in [1.54, 1.807) is 36.7 Å². The summed E-state index contributed by atoms with van der Waals surface area (Å²) in [5.74, 6) is 0.167. The van der Waals surface area contributed by atoms with Crippen LogP contribution in [-0.4, -0.2) is 21.7 Å². The first-order valence-electron chi connectivity index (χ1n) is 5.82. The largest absolute Gasteiger partial charge is 0.508 e. The zero-order valence-electron chi connectivity index (χ0n) is 10.8. The molecule has 1 aromatic heterocycles. The topological polar surface area (TPSA) is 65.4 Å². The van der Waals surface area contributed by atoms with E-state index < -0.39 is 6.10 Å². The van der Waals surface area contributed by atoms with Crippen LogP contribution in [0, 0.1) is 0 Å². The molecule has 1 aromatic carbocycles. The maximum absolute atomic E-state index is 9.94. The van der Waals surface area contributed by atoms with Crippen LogP contribution in [0.4, 0.5) is 0 Å². The van der Waals surface area contributed by atoms with Gasteiger partial charge < -0.3 is 15.5 Å². The quantitative estimate of drug-likeness (QED) is 0.792. The maximum Gasteiger partial charge on any atom is 0.115 e. The van der Waals surface area contributed by atoms with Gasteiger partial charge in [0.25, 0.3) is 0 Å². The Labute approximate surface area is 130 Å². The average Bonchev–Trinajstić information content (AvgIpc) is 2.40. The summed E-state index contributed by atoms with van der Waals surface area (Å²) in [6.07, 6.45) is 2.85. The molecule has 2 rings (SSSR count). The molecule has 1 heterocycles. The number of phenolic OH excluding ortho intramolecular Hbond substituents is 1. The Morgan fingerprint density at radius 3 is 2.45 bits per heavy atom. The maximum atomic E-state index is 9.94. The molecule has 0 aliphatic carbocycles. The summed E-state index contributed by atoms with van der Waals surface area (Å²) in [5.41, 5.74) is 1.82. The number of aliphatic hydroxyl groups is 1. The van der Waals surface area contributed by atoms with Crippen LogP contribution in [0.3, 0.4) is 0 Å². The molecule has 0 saturated carbocycles. The fraction of sp³-hybridized carbons (Fsp3) is 0.214. The Balaban J connectivity index is 0.00000180. The molecule has 20 heavy (non-hydrogen) atoms. The number of halogens is 2. The number of benzene rings is 1. The molecule has 3 N–H and O–H groups in total. The standard InChI is InChI=1S/C14H16N2O2.2ClH/c17-13-3-1-2-12(8-13)14(18)10-16-9-11-4-6-15-7-5-11;;/h1-8,14,16-18H,9-10H2;2*1H. The van der Waals surface area contributed by atoms with Crippen molar-refractivity contribution in [1.82, 2.24) is 10.3 Å². The van der Waals surface area contributed by atoms with E-state index in [1.165, 1.54) is 0 Å². The van der Waals surface area contributed by atoms with Gasteiger partial charge in [0.15, 0.2) is 0 Å². The van der Waals surface area contributed by atoms with Crippen molar-refractivity contribution < 1.29 is 10.2 Å². The van der Waals surface area contributed by atoms with Gasteiger partial charge in [-0.25, -0.2) is 0 Å². The molecule has 0 spiro atoms.